The van der Waals surface area contributed by atoms with Crippen LogP contribution in [0.2, 0.25) is 0 Å². The molecule has 0 aliphatic heterocycles. The second kappa shape index (κ2) is 7.47. The molecule has 0 spiro atoms. The number of benzene rings is 2. The number of rotatable bonds is 5. The molecule has 0 saturated heterocycles. The first-order valence-corrected chi connectivity index (χ1v) is 9.88. The van der Waals surface area contributed by atoms with Crippen LogP contribution in [0.1, 0.15) is 38.2 Å². The second-order valence-electron chi connectivity index (χ2n) is 8.63. The van der Waals surface area contributed by atoms with Gasteiger partial charge in [0.05, 0.1) is 23.4 Å². The summed E-state index contributed by atoms with van der Waals surface area (Å²) in [6, 6.07) is 7.92. The Labute approximate surface area is 172 Å². The van der Waals surface area contributed by atoms with Crippen molar-refractivity contribution in [2.75, 3.05) is 6.61 Å². The van der Waals surface area contributed by atoms with Gasteiger partial charge < -0.3 is 15.4 Å². The molecular weight excluding hydrogens is 393 g/mol. The highest BCUT2D eigenvalue weighted by Gasteiger charge is 2.39. The lowest BCUT2D eigenvalue weighted by Gasteiger charge is -2.37. The Kier molecular flexibility index (Phi) is 5.10. The van der Waals surface area contributed by atoms with Crippen molar-refractivity contribution in [3.8, 4) is 11.3 Å². The average Bonchev–Trinajstić information content (AvgIpc) is 3.00. The van der Waals surface area contributed by atoms with Crippen molar-refractivity contribution >= 4 is 16.8 Å². The van der Waals surface area contributed by atoms with Crippen LogP contribution < -0.4 is 5.32 Å². The molecule has 4 nitrogen and oxygen atoms in total. The number of carbonyl (C=O) groups excluding carboxylic acids is 1. The smallest absolute Gasteiger partial charge is 0.223 e. The number of amides is 1. The van der Waals surface area contributed by atoms with Gasteiger partial charge in [0.2, 0.25) is 5.91 Å². The summed E-state index contributed by atoms with van der Waals surface area (Å²) in [5, 5.41) is 12.6. The Morgan fingerprint density at radius 2 is 1.80 bits per heavy atom. The second-order valence-corrected chi connectivity index (χ2v) is 8.63. The van der Waals surface area contributed by atoms with Crippen LogP contribution in [0.25, 0.3) is 22.2 Å². The van der Waals surface area contributed by atoms with Gasteiger partial charge in [-0.2, -0.15) is 0 Å². The first kappa shape index (κ1) is 20.5. The lowest BCUT2D eigenvalue weighted by Crippen LogP contribution is -2.50. The molecule has 1 aliphatic rings. The Bertz CT molecular complexity index is 1100. The first-order chi connectivity index (χ1) is 14.2. The summed E-state index contributed by atoms with van der Waals surface area (Å²) in [5.41, 5.74) is 1.49. The number of nitrogens with one attached hydrogen (secondary N) is 2. The summed E-state index contributed by atoms with van der Waals surface area (Å²) in [7, 11) is 0. The van der Waals surface area contributed by atoms with Gasteiger partial charge in [-0.25, -0.2) is 13.2 Å². The van der Waals surface area contributed by atoms with Gasteiger partial charge in [-0.05, 0) is 74.1 Å². The van der Waals surface area contributed by atoms with Crippen LogP contribution in [0.15, 0.2) is 36.4 Å². The van der Waals surface area contributed by atoms with E-state index >= 15 is 0 Å². The normalized spacial score (nSPS) is 19.0. The lowest BCUT2D eigenvalue weighted by atomic mass is 9.69. The Morgan fingerprint density at radius 1 is 1.13 bits per heavy atom. The van der Waals surface area contributed by atoms with Crippen molar-refractivity contribution in [2.24, 2.45) is 5.92 Å². The van der Waals surface area contributed by atoms with E-state index in [0.29, 0.717) is 29.5 Å². The van der Waals surface area contributed by atoms with E-state index in [4.69, 9.17) is 0 Å². The monoisotopic (exact) mass is 416 g/mol. The van der Waals surface area contributed by atoms with Crippen molar-refractivity contribution in [2.45, 2.75) is 38.1 Å². The summed E-state index contributed by atoms with van der Waals surface area (Å²) >= 11 is 0. The minimum absolute atomic E-state index is 0.0759. The lowest BCUT2D eigenvalue weighted by molar-refractivity contribution is -0.130. The molecule has 1 aliphatic carbocycles. The van der Waals surface area contributed by atoms with Crippen LogP contribution in [0, 0.1) is 23.4 Å². The molecule has 4 rings (SSSR count). The van der Waals surface area contributed by atoms with Crippen LogP contribution in [-0.2, 0) is 4.79 Å². The predicted octanol–water partition coefficient (Wildman–Crippen LogP) is 4.63. The molecule has 1 fully saturated rings. The molecule has 3 N–H and O–H groups in total. The largest absolute Gasteiger partial charge is 0.394 e. The van der Waals surface area contributed by atoms with Crippen molar-refractivity contribution in [3.05, 3.63) is 59.4 Å². The van der Waals surface area contributed by atoms with E-state index in [-0.39, 0.29) is 35.7 Å². The quantitative estimate of drug-likeness (QED) is 0.568. The molecule has 1 heterocycles. The molecule has 0 atom stereocenters. The highest BCUT2D eigenvalue weighted by atomic mass is 19.1. The molecule has 0 unspecified atom stereocenters. The molecule has 2 aromatic carbocycles. The number of aliphatic hydroxyl groups excluding tert-OH is 1. The number of halogens is 3. The summed E-state index contributed by atoms with van der Waals surface area (Å²) in [4.78, 5) is 15.5. The van der Waals surface area contributed by atoms with Gasteiger partial charge in [-0.1, -0.05) is 0 Å². The number of aromatic nitrogens is 1. The van der Waals surface area contributed by atoms with E-state index in [1.807, 2.05) is 0 Å². The molecule has 30 heavy (non-hydrogen) atoms. The average molecular weight is 416 g/mol. The van der Waals surface area contributed by atoms with Crippen LogP contribution >= 0.6 is 0 Å². The Balaban J connectivity index is 1.69. The third-order valence-corrected chi connectivity index (χ3v) is 5.77. The third-order valence-electron chi connectivity index (χ3n) is 5.77. The van der Waals surface area contributed by atoms with Crippen LogP contribution in [-0.4, -0.2) is 28.1 Å². The van der Waals surface area contributed by atoms with Gasteiger partial charge in [-0.3, -0.25) is 4.79 Å². The maximum atomic E-state index is 14.4. The molecule has 1 aromatic heterocycles. The van der Waals surface area contributed by atoms with E-state index in [0.717, 1.165) is 11.6 Å². The molecule has 0 radical (unpaired) electrons. The van der Waals surface area contributed by atoms with Crippen LogP contribution in [0.3, 0.4) is 0 Å². The number of fused-ring (bicyclic) bond motifs is 1. The number of aromatic amines is 1. The number of hydrogen-bond donors (Lipinski definition) is 3. The fraction of sp³-hybridized carbons (Fsp3) is 0.348. The zero-order valence-corrected chi connectivity index (χ0v) is 16.7. The van der Waals surface area contributed by atoms with Crippen molar-refractivity contribution in [1.82, 2.24) is 10.3 Å². The molecule has 3 aromatic rings. The van der Waals surface area contributed by atoms with E-state index in [2.05, 4.69) is 10.3 Å². The van der Waals surface area contributed by atoms with Crippen molar-refractivity contribution in [1.29, 1.82) is 0 Å². The Hall–Kier alpha value is -2.80. The van der Waals surface area contributed by atoms with Crippen molar-refractivity contribution in [3.63, 3.8) is 0 Å². The molecule has 158 valence electrons. The molecule has 1 amide bonds. The van der Waals surface area contributed by atoms with E-state index in [9.17, 15) is 23.1 Å². The number of aliphatic hydroxyl groups is 1. The summed E-state index contributed by atoms with van der Waals surface area (Å²) in [5.74, 6) is -2.23. The van der Waals surface area contributed by atoms with Gasteiger partial charge >= 0.3 is 0 Å². The Morgan fingerprint density at radius 3 is 2.43 bits per heavy atom. The van der Waals surface area contributed by atoms with Gasteiger partial charge in [0.15, 0.2) is 0 Å². The minimum Gasteiger partial charge on any atom is -0.394 e. The van der Waals surface area contributed by atoms with Crippen LogP contribution in [0.4, 0.5) is 13.2 Å². The zero-order chi connectivity index (χ0) is 21.6. The maximum Gasteiger partial charge on any atom is 0.223 e. The van der Waals surface area contributed by atoms with Gasteiger partial charge in [0.1, 0.15) is 17.5 Å². The molecule has 7 heteroatoms. The van der Waals surface area contributed by atoms with Crippen LogP contribution in [0.5, 0.6) is 0 Å². The summed E-state index contributed by atoms with van der Waals surface area (Å²) in [6.45, 7) is 3.29. The highest BCUT2D eigenvalue weighted by Crippen LogP contribution is 2.48. The van der Waals surface area contributed by atoms with Crippen molar-refractivity contribution < 1.29 is 23.1 Å². The fourth-order valence-corrected chi connectivity index (χ4v) is 4.05. The molecule has 1 saturated carbocycles. The number of carbonyl (C=O) groups is 1. The van der Waals surface area contributed by atoms with E-state index in [1.165, 1.54) is 18.2 Å². The predicted molar refractivity (Wildman–Crippen MR) is 108 cm³/mol. The third kappa shape index (κ3) is 3.69. The highest BCUT2D eigenvalue weighted by molar-refractivity contribution is 5.92. The SMILES string of the molecule is CC(C)(CO)NC(=O)C1CC(c2c(-c3ccc(F)cc3)[nH]c3c(F)cc(F)cc23)C1. The van der Waals surface area contributed by atoms with Gasteiger partial charge in [0, 0.05) is 17.4 Å². The van der Waals surface area contributed by atoms with Gasteiger partial charge in [0.25, 0.3) is 0 Å². The minimum atomic E-state index is -0.714. The molecular formula is C23H23F3N2O2. The number of H-pyrrole nitrogens is 1. The summed E-state index contributed by atoms with van der Waals surface area (Å²) < 4.78 is 41.8. The maximum absolute atomic E-state index is 14.4. The first-order valence-electron chi connectivity index (χ1n) is 9.88. The topological polar surface area (TPSA) is 65.1 Å². The zero-order valence-electron chi connectivity index (χ0n) is 16.7. The van der Waals surface area contributed by atoms with E-state index in [1.54, 1.807) is 26.0 Å². The standard InChI is InChI=1S/C23H23F3N2O2/c1-23(2,11-29)28-22(30)14-7-13(8-14)19-17-9-16(25)10-18(26)21(17)27-20(19)12-3-5-15(24)6-4-12/h3-6,9-10,13-14,27,29H,7-8,11H2,1-2H3,(H,28,30). The fourth-order valence-electron chi connectivity index (χ4n) is 4.05. The van der Waals surface area contributed by atoms with E-state index < -0.39 is 17.2 Å². The molecule has 0 bridgehead atoms. The number of hydrogen-bond acceptors (Lipinski definition) is 2. The van der Waals surface area contributed by atoms with Gasteiger partial charge in [-0.15, -0.1) is 0 Å². The summed E-state index contributed by atoms with van der Waals surface area (Å²) in [6.07, 6.45) is 1.04.